The van der Waals surface area contributed by atoms with Gasteiger partial charge in [-0.2, -0.15) is 5.10 Å². The molecule has 10 heteroatoms. The van der Waals surface area contributed by atoms with E-state index in [2.05, 4.69) is 21.2 Å². The lowest BCUT2D eigenvalue weighted by Crippen LogP contribution is -2.38. The zero-order valence-corrected chi connectivity index (χ0v) is 21.1. The summed E-state index contributed by atoms with van der Waals surface area (Å²) in [5.74, 6) is -1.72. The summed E-state index contributed by atoms with van der Waals surface area (Å²) >= 11 is 6.05. The Balaban J connectivity index is 1.87. The molecule has 0 aliphatic carbocycles. The molecule has 3 amide bonds. The summed E-state index contributed by atoms with van der Waals surface area (Å²) in [6.07, 6.45) is 1.97. The van der Waals surface area contributed by atoms with Gasteiger partial charge in [-0.15, -0.1) is 0 Å². The molecule has 0 unspecified atom stereocenters. The highest BCUT2D eigenvalue weighted by molar-refractivity contribution is 6.35. The van der Waals surface area contributed by atoms with E-state index in [-0.39, 0.29) is 18.6 Å². The van der Waals surface area contributed by atoms with E-state index >= 15 is 0 Å². The molecular weight excluding hydrogens is 472 g/mol. The number of amides is 3. The summed E-state index contributed by atoms with van der Waals surface area (Å²) in [4.78, 5) is 36.1. The Bertz CT molecular complexity index is 1070. The van der Waals surface area contributed by atoms with Crippen molar-refractivity contribution in [3.8, 4) is 5.75 Å². The van der Waals surface area contributed by atoms with Gasteiger partial charge in [-0.05, 0) is 63.9 Å². The molecule has 188 valence electrons. The van der Waals surface area contributed by atoms with Gasteiger partial charge < -0.3 is 20.1 Å². The second-order valence-corrected chi connectivity index (χ2v) is 8.50. The standard InChI is InChI=1S/C25H31ClN4O5/c1-16(2)34-11-5-10-27-24(32)25(33)30-28-14-19-13-20(26)7-9-22(19)35-15-23(31)29-21-8-6-17(3)12-18(21)4/h6-9,12-14,16H,5,10-11,15H2,1-4H3,(H,27,32)(H,29,31)(H,30,33)/b28-14-. The van der Waals surface area contributed by atoms with E-state index in [1.807, 2.05) is 45.9 Å². The molecule has 0 bridgehead atoms. The molecule has 3 N–H and O–H groups in total. The van der Waals surface area contributed by atoms with E-state index in [1.54, 1.807) is 18.2 Å². The molecular formula is C25H31ClN4O5. The van der Waals surface area contributed by atoms with Crippen molar-refractivity contribution < 1.29 is 23.9 Å². The minimum absolute atomic E-state index is 0.107. The molecule has 2 aromatic carbocycles. The number of aryl methyl sites for hydroxylation is 2. The first-order valence-electron chi connectivity index (χ1n) is 11.2. The Morgan fingerprint density at radius 2 is 1.86 bits per heavy atom. The number of nitrogens with one attached hydrogen (secondary N) is 3. The SMILES string of the molecule is Cc1ccc(NC(=O)COc2ccc(Cl)cc2/C=N\NC(=O)C(=O)NCCCOC(C)C)c(C)c1. The van der Waals surface area contributed by atoms with E-state index < -0.39 is 11.8 Å². The third-order valence-corrected chi connectivity index (χ3v) is 4.86. The number of benzene rings is 2. The molecule has 0 fully saturated rings. The van der Waals surface area contributed by atoms with Gasteiger partial charge in [0.25, 0.3) is 5.91 Å². The molecule has 0 atom stereocenters. The highest BCUT2D eigenvalue weighted by atomic mass is 35.5. The van der Waals surface area contributed by atoms with Crippen molar-refractivity contribution >= 4 is 41.2 Å². The lowest BCUT2D eigenvalue weighted by molar-refractivity contribution is -0.139. The average Bonchev–Trinajstić information content (AvgIpc) is 2.79. The first-order chi connectivity index (χ1) is 16.7. The number of rotatable bonds is 11. The third kappa shape index (κ3) is 10.2. The number of carbonyl (C=O) groups is 3. The monoisotopic (exact) mass is 502 g/mol. The van der Waals surface area contributed by atoms with Gasteiger partial charge in [0.2, 0.25) is 0 Å². The summed E-state index contributed by atoms with van der Waals surface area (Å²) in [6, 6.07) is 10.5. The molecule has 35 heavy (non-hydrogen) atoms. The van der Waals surface area contributed by atoms with Crippen LogP contribution < -0.4 is 20.8 Å². The van der Waals surface area contributed by atoms with Crippen LogP contribution in [0, 0.1) is 13.8 Å². The predicted molar refractivity (Wildman–Crippen MR) is 136 cm³/mol. The Hall–Kier alpha value is -3.43. The van der Waals surface area contributed by atoms with E-state index in [4.69, 9.17) is 21.1 Å². The van der Waals surface area contributed by atoms with Gasteiger partial charge in [0.05, 0.1) is 12.3 Å². The summed E-state index contributed by atoms with van der Waals surface area (Å²) in [7, 11) is 0. The lowest BCUT2D eigenvalue weighted by Gasteiger charge is -2.12. The zero-order valence-electron chi connectivity index (χ0n) is 20.3. The number of halogens is 1. The van der Waals surface area contributed by atoms with Gasteiger partial charge in [0.1, 0.15) is 5.75 Å². The van der Waals surface area contributed by atoms with E-state index in [1.165, 1.54) is 6.21 Å². The first kappa shape index (κ1) is 27.8. The topological polar surface area (TPSA) is 118 Å². The number of ether oxygens (including phenoxy) is 2. The Labute approximate surface area is 210 Å². The number of hydrazone groups is 1. The smallest absolute Gasteiger partial charge is 0.329 e. The van der Waals surface area contributed by atoms with Gasteiger partial charge >= 0.3 is 11.8 Å². The minimum Gasteiger partial charge on any atom is -0.483 e. The van der Waals surface area contributed by atoms with Gasteiger partial charge in [-0.3, -0.25) is 14.4 Å². The molecule has 9 nitrogen and oxygen atoms in total. The van der Waals surface area contributed by atoms with Crippen molar-refractivity contribution in [2.24, 2.45) is 5.10 Å². The number of hydrogen-bond donors (Lipinski definition) is 3. The number of hydrogen-bond acceptors (Lipinski definition) is 6. The average molecular weight is 503 g/mol. The van der Waals surface area contributed by atoms with Crippen molar-refractivity contribution in [2.45, 2.75) is 40.2 Å². The van der Waals surface area contributed by atoms with E-state index in [0.29, 0.717) is 41.6 Å². The fraction of sp³-hybridized carbons (Fsp3) is 0.360. The van der Waals surface area contributed by atoms with Crippen molar-refractivity contribution in [3.63, 3.8) is 0 Å². The second kappa shape index (κ2) is 14.1. The van der Waals surface area contributed by atoms with Crippen LogP contribution in [0.5, 0.6) is 5.75 Å². The van der Waals surface area contributed by atoms with Gasteiger partial charge in [-0.25, -0.2) is 5.43 Å². The zero-order chi connectivity index (χ0) is 25.8. The number of nitrogens with zero attached hydrogens (tertiary/aromatic N) is 1. The van der Waals surface area contributed by atoms with Gasteiger partial charge in [0, 0.05) is 29.4 Å². The molecule has 0 radical (unpaired) electrons. The fourth-order valence-electron chi connectivity index (χ4n) is 2.92. The van der Waals surface area contributed by atoms with Crippen molar-refractivity contribution in [1.82, 2.24) is 10.7 Å². The summed E-state index contributed by atoms with van der Waals surface area (Å²) in [5, 5.41) is 9.50. The van der Waals surface area contributed by atoms with E-state index in [9.17, 15) is 14.4 Å². The van der Waals surface area contributed by atoms with Gasteiger partial charge in [0.15, 0.2) is 6.61 Å². The molecule has 0 heterocycles. The maximum absolute atomic E-state index is 12.3. The first-order valence-corrected chi connectivity index (χ1v) is 11.6. The van der Waals surface area contributed by atoms with Crippen LogP contribution in [0.1, 0.15) is 37.0 Å². The second-order valence-electron chi connectivity index (χ2n) is 8.07. The van der Waals surface area contributed by atoms with Crippen LogP contribution in [0.3, 0.4) is 0 Å². The molecule has 0 saturated carbocycles. The van der Waals surface area contributed by atoms with Crippen LogP contribution >= 0.6 is 11.6 Å². The van der Waals surface area contributed by atoms with E-state index in [0.717, 1.165) is 11.1 Å². The van der Waals surface area contributed by atoms with Crippen LogP contribution in [-0.4, -0.2) is 49.8 Å². The summed E-state index contributed by atoms with van der Waals surface area (Å²) in [5.41, 5.74) is 5.32. The molecule has 0 aliphatic rings. The number of anilines is 1. The van der Waals surface area contributed by atoms with Gasteiger partial charge in [-0.1, -0.05) is 29.3 Å². The summed E-state index contributed by atoms with van der Waals surface area (Å²) in [6.45, 7) is 8.27. The van der Waals surface area contributed by atoms with Crippen molar-refractivity contribution in [3.05, 3.63) is 58.1 Å². The largest absolute Gasteiger partial charge is 0.483 e. The van der Waals surface area contributed by atoms with Crippen LogP contribution in [0.15, 0.2) is 41.5 Å². The molecule has 0 aromatic heterocycles. The predicted octanol–water partition coefficient (Wildman–Crippen LogP) is 3.36. The molecule has 0 saturated heterocycles. The molecule has 2 aromatic rings. The quantitative estimate of drug-likeness (QED) is 0.188. The fourth-order valence-corrected chi connectivity index (χ4v) is 3.10. The molecule has 0 spiro atoms. The Morgan fingerprint density at radius 1 is 1.09 bits per heavy atom. The maximum Gasteiger partial charge on any atom is 0.329 e. The highest BCUT2D eigenvalue weighted by Crippen LogP contribution is 2.22. The third-order valence-electron chi connectivity index (χ3n) is 4.62. The number of carbonyl (C=O) groups excluding carboxylic acids is 3. The van der Waals surface area contributed by atoms with Crippen molar-refractivity contribution in [1.29, 1.82) is 0 Å². The van der Waals surface area contributed by atoms with Crippen LogP contribution in [0.2, 0.25) is 5.02 Å². The van der Waals surface area contributed by atoms with Crippen LogP contribution in [0.25, 0.3) is 0 Å². The van der Waals surface area contributed by atoms with Crippen LogP contribution in [-0.2, 0) is 19.1 Å². The summed E-state index contributed by atoms with van der Waals surface area (Å²) < 4.78 is 11.0. The maximum atomic E-state index is 12.3. The van der Waals surface area contributed by atoms with Crippen LogP contribution in [0.4, 0.5) is 5.69 Å². The Morgan fingerprint density at radius 3 is 2.57 bits per heavy atom. The normalized spacial score (nSPS) is 10.9. The lowest BCUT2D eigenvalue weighted by atomic mass is 10.1. The minimum atomic E-state index is -0.914. The molecule has 2 rings (SSSR count). The highest BCUT2D eigenvalue weighted by Gasteiger charge is 2.12. The Kier molecular flexibility index (Phi) is 11.2. The van der Waals surface area contributed by atoms with Crippen molar-refractivity contribution in [2.75, 3.05) is 25.1 Å². The molecule has 0 aliphatic heterocycles.